The Morgan fingerprint density at radius 3 is 3.06 bits per heavy atom. The maximum Gasteiger partial charge on any atom is 0.148 e. The number of nitrogens with two attached hydrogens (primary N) is 1. The molecule has 8 heteroatoms. The molecule has 2 aromatic rings. The second-order valence-corrected chi connectivity index (χ2v) is 4.43. The van der Waals surface area contributed by atoms with Crippen LogP contribution < -0.4 is 11.3 Å². The van der Waals surface area contributed by atoms with Crippen LogP contribution in [0.25, 0.3) is 0 Å². The lowest BCUT2D eigenvalue weighted by Gasteiger charge is -2.15. The number of aryl methyl sites for hydroxylation is 1. The molecular weight excluding hydrogens is 286 g/mol. The van der Waals surface area contributed by atoms with E-state index < -0.39 is 0 Å². The zero-order valence-corrected chi connectivity index (χ0v) is 11.0. The summed E-state index contributed by atoms with van der Waals surface area (Å²) >= 11 is 3.47. The second kappa shape index (κ2) is 5.39. The van der Waals surface area contributed by atoms with Crippen molar-refractivity contribution in [3.8, 4) is 0 Å². The molecule has 0 radical (unpaired) electrons. The molecule has 0 saturated carbocycles. The third-order valence-electron chi connectivity index (χ3n) is 2.42. The summed E-state index contributed by atoms with van der Waals surface area (Å²) in [6, 6.07) is -0.263. The van der Waals surface area contributed by atoms with Crippen LogP contribution >= 0.6 is 15.9 Å². The van der Waals surface area contributed by atoms with Crippen LogP contribution in [-0.4, -0.2) is 25.0 Å². The minimum Gasteiger partial charge on any atom is -0.270 e. The minimum atomic E-state index is -0.263. The van der Waals surface area contributed by atoms with Gasteiger partial charge < -0.3 is 0 Å². The number of aromatic amines is 1. The van der Waals surface area contributed by atoms with E-state index in [9.17, 15) is 0 Å². The molecule has 0 aromatic carbocycles. The van der Waals surface area contributed by atoms with Gasteiger partial charge in [-0.05, 0) is 22.4 Å². The van der Waals surface area contributed by atoms with Crippen molar-refractivity contribution in [1.29, 1.82) is 0 Å². The van der Waals surface area contributed by atoms with Crippen LogP contribution in [0.2, 0.25) is 0 Å². The Morgan fingerprint density at radius 2 is 2.47 bits per heavy atom. The molecule has 2 aromatic heterocycles. The van der Waals surface area contributed by atoms with Gasteiger partial charge in [-0.15, -0.1) is 0 Å². The van der Waals surface area contributed by atoms with Crippen molar-refractivity contribution in [2.45, 2.75) is 25.9 Å². The summed E-state index contributed by atoms with van der Waals surface area (Å²) in [6.45, 7) is 2.92. The summed E-state index contributed by atoms with van der Waals surface area (Å²) in [6.07, 6.45) is 4.20. The zero-order chi connectivity index (χ0) is 12.3. The number of hydrogen-bond donors (Lipinski definition) is 3. The van der Waals surface area contributed by atoms with Crippen LogP contribution in [0.15, 0.2) is 17.0 Å². The van der Waals surface area contributed by atoms with E-state index in [-0.39, 0.29) is 6.04 Å². The first-order valence-electron chi connectivity index (χ1n) is 5.30. The van der Waals surface area contributed by atoms with Crippen LogP contribution in [0, 0.1) is 0 Å². The first kappa shape index (κ1) is 12.2. The molecule has 7 nitrogen and oxygen atoms in total. The Labute approximate surface area is 107 Å². The average molecular weight is 300 g/mol. The Balaban J connectivity index is 2.39. The second-order valence-electron chi connectivity index (χ2n) is 3.57. The predicted molar refractivity (Wildman–Crippen MR) is 65.8 cm³/mol. The summed E-state index contributed by atoms with van der Waals surface area (Å²) in [4.78, 5) is 4.11. The Morgan fingerprint density at radius 1 is 1.65 bits per heavy atom. The summed E-state index contributed by atoms with van der Waals surface area (Å²) in [5.41, 5.74) is 3.66. The normalized spacial score (nSPS) is 12.9. The maximum absolute atomic E-state index is 5.59. The van der Waals surface area contributed by atoms with E-state index in [1.54, 1.807) is 6.20 Å². The Bertz CT molecular complexity index is 464. The van der Waals surface area contributed by atoms with Crippen molar-refractivity contribution in [2.24, 2.45) is 5.84 Å². The van der Waals surface area contributed by atoms with E-state index in [0.717, 1.165) is 23.1 Å². The largest absolute Gasteiger partial charge is 0.270 e. The van der Waals surface area contributed by atoms with E-state index >= 15 is 0 Å². The highest BCUT2D eigenvalue weighted by atomic mass is 79.9. The Kier molecular flexibility index (Phi) is 3.87. The first-order valence-corrected chi connectivity index (χ1v) is 6.09. The molecule has 0 fully saturated rings. The van der Waals surface area contributed by atoms with Crippen molar-refractivity contribution >= 4 is 15.9 Å². The van der Waals surface area contributed by atoms with Gasteiger partial charge in [0.1, 0.15) is 18.2 Å². The molecule has 0 spiro atoms. The van der Waals surface area contributed by atoms with Crippen LogP contribution in [0.1, 0.15) is 30.9 Å². The van der Waals surface area contributed by atoms with Crippen molar-refractivity contribution in [2.75, 3.05) is 0 Å². The van der Waals surface area contributed by atoms with E-state index in [0.29, 0.717) is 5.82 Å². The highest BCUT2D eigenvalue weighted by molar-refractivity contribution is 9.10. The molecule has 0 saturated heterocycles. The molecular formula is C9H14BrN7. The van der Waals surface area contributed by atoms with Gasteiger partial charge in [-0.3, -0.25) is 15.6 Å². The molecule has 0 aliphatic heterocycles. The van der Waals surface area contributed by atoms with Gasteiger partial charge in [-0.2, -0.15) is 10.2 Å². The quantitative estimate of drug-likeness (QED) is 0.558. The fourth-order valence-electron chi connectivity index (χ4n) is 1.69. The molecule has 17 heavy (non-hydrogen) atoms. The van der Waals surface area contributed by atoms with Crippen LogP contribution in [0.4, 0.5) is 0 Å². The van der Waals surface area contributed by atoms with E-state index in [1.807, 2.05) is 4.68 Å². The van der Waals surface area contributed by atoms with E-state index in [4.69, 9.17) is 5.84 Å². The number of nitrogens with one attached hydrogen (secondary N) is 2. The van der Waals surface area contributed by atoms with E-state index in [2.05, 4.69) is 48.6 Å². The molecule has 0 amide bonds. The lowest BCUT2D eigenvalue weighted by atomic mass is 10.2. The lowest BCUT2D eigenvalue weighted by Crippen LogP contribution is -2.32. The number of halogens is 1. The molecule has 92 valence electrons. The summed E-state index contributed by atoms with van der Waals surface area (Å²) in [5, 5.41) is 10.9. The zero-order valence-electron chi connectivity index (χ0n) is 9.39. The lowest BCUT2D eigenvalue weighted by molar-refractivity contribution is 0.507. The van der Waals surface area contributed by atoms with Crippen molar-refractivity contribution in [3.63, 3.8) is 0 Å². The molecule has 0 bridgehead atoms. The van der Waals surface area contributed by atoms with E-state index in [1.165, 1.54) is 6.33 Å². The van der Waals surface area contributed by atoms with Gasteiger partial charge in [-0.25, -0.2) is 10.4 Å². The predicted octanol–water partition coefficient (Wildman–Crippen LogP) is 0.726. The van der Waals surface area contributed by atoms with Crippen molar-refractivity contribution in [1.82, 2.24) is 30.4 Å². The van der Waals surface area contributed by atoms with Crippen LogP contribution in [-0.2, 0) is 6.54 Å². The Hall–Kier alpha value is -1.25. The fourth-order valence-corrected chi connectivity index (χ4v) is 2.22. The molecule has 2 heterocycles. The summed E-state index contributed by atoms with van der Waals surface area (Å²) in [7, 11) is 0. The number of H-pyrrole nitrogens is 1. The monoisotopic (exact) mass is 299 g/mol. The number of rotatable bonds is 5. The number of nitrogens with zero attached hydrogens (tertiary/aromatic N) is 4. The number of aromatic nitrogens is 5. The SMILES string of the molecule is CCCn1ncc(Br)c1C(NN)c1ncn[nH]1. The van der Waals surface area contributed by atoms with Crippen molar-refractivity contribution < 1.29 is 0 Å². The van der Waals surface area contributed by atoms with Gasteiger partial charge in [0.2, 0.25) is 0 Å². The smallest absolute Gasteiger partial charge is 0.148 e. The average Bonchev–Trinajstić information content (AvgIpc) is 2.94. The van der Waals surface area contributed by atoms with Gasteiger partial charge in [0.05, 0.1) is 16.4 Å². The van der Waals surface area contributed by atoms with Gasteiger partial charge in [-0.1, -0.05) is 6.92 Å². The van der Waals surface area contributed by atoms with Crippen molar-refractivity contribution in [3.05, 3.63) is 28.5 Å². The molecule has 2 rings (SSSR count). The highest BCUT2D eigenvalue weighted by Crippen LogP contribution is 2.26. The maximum atomic E-state index is 5.59. The van der Waals surface area contributed by atoms with Crippen LogP contribution in [0.3, 0.4) is 0 Å². The summed E-state index contributed by atoms with van der Waals surface area (Å²) in [5.74, 6) is 6.25. The number of hydrazine groups is 1. The van der Waals surface area contributed by atoms with Gasteiger partial charge >= 0.3 is 0 Å². The van der Waals surface area contributed by atoms with Gasteiger partial charge in [0.25, 0.3) is 0 Å². The summed E-state index contributed by atoms with van der Waals surface area (Å²) < 4.78 is 2.79. The molecule has 0 aliphatic rings. The fraction of sp³-hybridized carbons (Fsp3) is 0.444. The minimum absolute atomic E-state index is 0.263. The first-order chi connectivity index (χ1) is 8.27. The number of hydrogen-bond acceptors (Lipinski definition) is 5. The van der Waals surface area contributed by atoms with Gasteiger partial charge in [0.15, 0.2) is 0 Å². The molecule has 0 aliphatic carbocycles. The highest BCUT2D eigenvalue weighted by Gasteiger charge is 2.22. The van der Waals surface area contributed by atoms with Crippen LogP contribution in [0.5, 0.6) is 0 Å². The molecule has 1 atom stereocenters. The topological polar surface area (TPSA) is 97.4 Å². The third-order valence-corrected chi connectivity index (χ3v) is 3.03. The standard InChI is InChI=1S/C9H14BrN7/c1-2-3-17-8(6(10)4-14-17)7(15-11)9-12-5-13-16-9/h4-5,7,15H,2-3,11H2,1H3,(H,12,13,16). The molecule has 1 unspecified atom stereocenters. The molecule has 4 N–H and O–H groups in total. The van der Waals surface area contributed by atoms with Gasteiger partial charge in [0, 0.05) is 6.54 Å². The third kappa shape index (κ3) is 2.38.